The Hall–Kier alpha value is -0.180. The number of thiol groups is 1. The van der Waals surface area contributed by atoms with E-state index in [1.54, 1.807) is 6.92 Å². The molecule has 1 atom stereocenters. The van der Waals surface area contributed by atoms with Crippen LogP contribution >= 0.6 is 12.6 Å². The van der Waals surface area contributed by atoms with Gasteiger partial charge in [-0.3, -0.25) is 4.79 Å². The largest absolute Gasteiger partial charge is 0.352 e. The summed E-state index contributed by atoms with van der Waals surface area (Å²) < 4.78 is 0. The zero-order valence-corrected chi connectivity index (χ0v) is 6.32. The highest BCUT2D eigenvalue weighted by molar-refractivity contribution is 7.81. The van der Waals surface area contributed by atoms with Crippen molar-refractivity contribution < 1.29 is 4.79 Å². The van der Waals surface area contributed by atoms with E-state index in [1.807, 2.05) is 0 Å². The van der Waals surface area contributed by atoms with Crippen molar-refractivity contribution in [2.75, 3.05) is 0 Å². The van der Waals surface area contributed by atoms with E-state index in [0.717, 1.165) is 12.8 Å². The molecular weight excluding hydrogens is 134 g/mol. The van der Waals surface area contributed by atoms with Crippen molar-refractivity contribution in [3.8, 4) is 0 Å². The summed E-state index contributed by atoms with van der Waals surface area (Å²) in [5, 5.41) is 2.68. The summed E-state index contributed by atoms with van der Waals surface area (Å²) in [5.41, 5.74) is 0. The minimum atomic E-state index is -0.161. The van der Waals surface area contributed by atoms with Gasteiger partial charge < -0.3 is 5.32 Å². The Bertz CT molecular complexity index is 120. The van der Waals surface area contributed by atoms with Gasteiger partial charge in [-0.25, -0.2) is 0 Å². The Morgan fingerprint density at radius 1 is 1.78 bits per heavy atom. The molecule has 1 rings (SSSR count). The van der Waals surface area contributed by atoms with Gasteiger partial charge in [0.15, 0.2) is 0 Å². The van der Waals surface area contributed by atoms with Gasteiger partial charge in [0.25, 0.3) is 0 Å². The van der Waals surface area contributed by atoms with Gasteiger partial charge in [-0.2, -0.15) is 12.6 Å². The molecule has 0 radical (unpaired) electrons. The van der Waals surface area contributed by atoms with Gasteiger partial charge in [-0.15, -0.1) is 0 Å². The van der Waals surface area contributed by atoms with E-state index >= 15 is 0 Å². The maximum atomic E-state index is 10.8. The summed E-state index contributed by atoms with van der Waals surface area (Å²) in [6.45, 7) is 1.78. The summed E-state index contributed by atoms with van der Waals surface area (Å²) in [5.74, 6) is 0.0563. The molecule has 1 aliphatic carbocycles. The lowest BCUT2D eigenvalue weighted by Gasteiger charge is -2.03. The Morgan fingerprint density at radius 3 is 2.67 bits per heavy atom. The van der Waals surface area contributed by atoms with Crippen molar-refractivity contribution >= 4 is 18.5 Å². The molecule has 3 heteroatoms. The van der Waals surface area contributed by atoms with E-state index in [-0.39, 0.29) is 11.2 Å². The standard InChI is InChI=1S/C6H11NOS/c1-4(9)6(8)7-5-2-3-5/h4-5,9H,2-3H2,1H3,(H,7,8)/t4-/m0/s1. The Balaban J connectivity index is 2.17. The lowest BCUT2D eigenvalue weighted by molar-refractivity contribution is -0.120. The smallest absolute Gasteiger partial charge is 0.232 e. The first-order valence-corrected chi connectivity index (χ1v) is 3.70. The van der Waals surface area contributed by atoms with E-state index in [1.165, 1.54) is 0 Å². The van der Waals surface area contributed by atoms with Crippen LogP contribution < -0.4 is 5.32 Å². The van der Waals surface area contributed by atoms with Gasteiger partial charge >= 0.3 is 0 Å². The fourth-order valence-electron chi connectivity index (χ4n) is 0.549. The predicted molar refractivity (Wildman–Crippen MR) is 39.6 cm³/mol. The third-order valence-electron chi connectivity index (χ3n) is 1.30. The molecule has 0 spiro atoms. The molecule has 1 fully saturated rings. The van der Waals surface area contributed by atoms with E-state index in [0.29, 0.717) is 6.04 Å². The molecule has 0 bridgehead atoms. The molecule has 1 aliphatic rings. The number of nitrogens with one attached hydrogen (secondary N) is 1. The highest BCUT2D eigenvalue weighted by Gasteiger charge is 2.24. The lowest BCUT2D eigenvalue weighted by Crippen LogP contribution is -2.31. The van der Waals surface area contributed by atoms with Crippen LogP contribution in [0.5, 0.6) is 0 Å². The summed E-state index contributed by atoms with van der Waals surface area (Å²) in [6, 6.07) is 0.465. The summed E-state index contributed by atoms with van der Waals surface area (Å²) in [4.78, 5) is 10.8. The number of rotatable bonds is 2. The second kappa shape index (κ2) is 2.60. The molecular formula is C6H11NOS. The lowest BCUT2D eigenvalue weighted by atomic mass is 10.4. The Kier molecular flexibility index (Phi) is 2.01. The van der Waals surface area contributed by atoms with Gasteiger partial charge in [0, 0.05) is 6.04 Å². The monoisotopic (exact) mass is 145 g/mol. The molecule has 1 amide bonds. The van der Waals surface area contributed by atoms with Crippen molar-refractivity contribution in [1.29, 1.82) is 0 Å². The minimum Gasteiger partial charge on any atom is -0.352 e. The van der Waals surface area contributed by atoms with E-state index in [2.05, 4.69) is 17.9 Å². The fraction of sp³-hybridized carbons (Fsp3) is 0.833. The van der Waals surface area contributed by atoms with Crippen molar-refractivity contribution in [3.63, 3.8) is 0 Å². The molecule has 0 aromatic heterocycles. The fourth-order valence-corrected chi connectivity index (χ4v) is 0.624. The van der Waals surface area contributed by atoms with Crippen molar-refractivity contribution in [2.45, 2.75) is 31.1 Å². The van der Waals surface area contributed by atoms with Crippen LogP contribution in [-0.4, -0.2) is 17.2 Å². The van der Waals surface area contributed by atoms with Gasteiger partial charge in [0.2, 0.25) is 5.91 Å². The quantitative estimate of drug-likeness (QED) is 0.547. The highest BCUT2D eigenvalue weighted by Crippen LogP contribution is 2.18. The van der Waals surface area contributed by atoms with E-state index in [4.69, 9.17) is 0 Å². The molecule has 0 unspecified atom stereocenters. The summed E-state index contributed by atoms with van der Waals surface area (Å²) >= 11 is 3.98. The Labute approximate surface area is 60.4 Å². The second-order valence-corrected chi connectivity index (χ2v) is 3.23. The second-order valence-electron chi connectivity index (χ2n) is 2.46. The van der Waals surface area contributed by atoms with Crippen molar-refractivity contribution in [3.05, 3.63) is 0 Å². The average Bonchev–Trinajstić information content (AvgIpc) is 2.50. The molecule has 1 saturated carbocycles. The number of amides is 1. The zero-order valence-electron chi connectivity index (χ0n) is 5.42. The maximum Gasteiger partial charge on any atom is 0.232 e. The molecule has 0 aliphatic heterocycles. The molecule has 0 heterocycles. The highest BCUT2D eigenvalue weighted by atomic mass is 32.1. The number of carbonyl (C=O) groups excluding carboxylic acids is 1. The molecule has 1 N–H and O–H groups in total. The van der Waals surface area contributed by atoms with Crippen molar-refractivity contribution in [1.82, 2.24) is 5.32 Å². The maximum absolute atomic E-state index is 10.8. The van der Waals surface area contributed by atoms with Gasteiger partial charge in [0.1, 0.15) is 0 Å². The number of hydrogen-bond donors (Lipinski definition) is 2. The van der Waals surface area contributed by atoms with Gasteiger partial charge in [-0.1, -0.05) is 0 Å². The molecule has 9 heavy (non-hydrogen) atoms. The normalized spacial score (nSPS) is 21.1. The van der Waals surface area contributed by atoms with Crippen LogP contribution in [-0.2, 0) is 4.79 Å². The number of carbonyl (C=O) groups is 1. The first-order chi connectivity index (χ1) is 4.20. The third-order valence-corrected chi connectivity index (χ3v) is 1.54. The van der Waals surface area contributed by atoms with Crippen molar-refractivity contribution in [2.24, 2.45) is 0 Å². The SMILES string of the molecule is C[C@H](S)C(=O)NC1CC1. The topological polar surface area (TPSA) is 29.1 Å². The van der Waals surface area contributed by atoms with Gasteiger partial charge in [-0.05, 0) is 19.8 Å². The van der Waals surface area contributed by atoms with Gasteiger partial charge in [0.05, 0.1) is 5.25 Å². The van der Waals surface area contributed by atoms with Crippen LogP contribution in [0.4, 0.5) is 0 Å². The first kappa shape index (κ1) is 6.93. The average molecular weight is 145 g/mol. The summed E-state index contributed by atoms with van der Waals surface area (Å²) in [6.07, 6.45) is 2.29. The number of hydrogen-bond acceptors (Lipinski definition) is 2. The molecule has 0 aromatic rings. The predicted octanol–water partition coefficient (Wildman–Crippen LogP) is 0.583. The third kappa shape index (κ3) is 2.26. The van der Waals surface area contributed by atoms with E-state index < -0.39 is 0 Å². The molecule has 0 saturated heterocycles. The Morgan fingerprint density at radius 2 is 2.33 bits per heavy atom. The zero-order chi connectivity index (χ0) is 6.85. The van der Waals surface area contributed by atoms with E-state index in [9.17, 15) is 4.79 Å². The summed E-state index contributed by atoms with van der Waals surface area (Å²) in [7, 11) is 0. The van der Waals surface area contributed by atoms with Crippen LogP contribution in [0.25, 0.3) is 0 Å². The molecule has 0 aromatic carbocycles. The molecule has 52 valence electrons. The van der Waals surface area contributed by atoms with Crippen LogP contribution in [0.2, 0.25) is 0 Å². The van der Waals surface area contributed by atoms with Crippen LogP contribution in [0, 0.1) is 0 Å². The van der Waals surface area contributed by atoms with Crippen LogP contribution in [0.3, 0.4) is 0 Å². The van der Waals surface area contributed by atoms with Crippen LogP contribution in [0.15, 0.2) is 0 Å². The minimum absolute atomic E-state index is 0.0563. The molecule has 2 nitrogen and oxygen atoms in total. The first-order valence-electron chi connectivity index (χ1n) is 3.18. The van der Waals surface area contributed by atoms with Crippen LogP contribution in [0.1, 0.15) is 19.8 Å².